The average molecular weight is 385 g/mol. The quantitative estimate of drug-likeness (QED) is 0.692. The molecular formula is C18H19N5O3S. The van der Waals surface area contributed by atoms with Crippen LogP contribution in [0.4, 0.5) is 5.13 Å². The number of para-hydroxylation sites is 1. The number of ether oxygens (including phenoxy) is 1. The summed E-state index contributed by atoms with van der Waals surface area (Å²) in [4.78, 5) is 29.2. The fraction of sp³-hybridized carbons (Fsp3) is 0.278. The van der Waals surface area contributed by atoms with Crippen molar-refractivity contribution >= 4 is 28.5 Å². The van der Waals surface area contributed by atoms with Gasteiger partial charge in [-0.05, 0) is 39.8 Å². The number of carbonyl (C=O) groups excluding carboxylic acids is 2. The summed E-state index contributed by atoms with van der Waals surface area (Å²) in [6, 6.07) is 10.5. The second-order valence-electron chi connectivity index (χ2n) is 6.76. The highest BCUT2D eigenvalue weighted by molar-refractivity contribution is 7.09. The van der Waals surface area contributed by atoms with Gasteiger partial charge in [-0.2, -0.15) is 9.47 Å². The van der Waals surface area contributed by atoms with Crippen molar-refractivity contribution in [3.8, 4) is 5.69 Å². The maximum Gasteiger partial charge on any atom is 0.357 e. The summed E-state index contributed by atoms with van der Waals surface area (Å²) in [7, 11) is 0. The van der Waals surface area contributed by atoms with Crippen molar-refractivity contribution in [2.45, 2.75) is 33.3 Å². The van der Waals surface area contributed by atoms with Crippen LogP contribution in [0.3, 0.4) is 0 Å². The molecule has 0 radical (unpaired) electrons. The number of aromatic nitrogens is 4. The van der Waals surface area contributed by atoms with E-state index in [-0.39, 0.29) is 11.4 Å². The van der Waals surface area contributed by atoms with E-state index in [1.807, 2.05) is 18.2 Å². The predicted molar refractivity (Wildman–Crippen MR) is 101 cm³/mol. The van der Waals surface area contributed by atoms with E-state index in [0.29, 0.717) is 16.6 Å². The first-order valence-electron chi connectivity index (χ1n) is 8.23. The first-order chi connectivity index (χ1) is 12.7. The summed E-state index contributed by atoms with van der Waals surface area (Å²) in [5.41, 5.74) is 0.210. The Bertz CT molecular complexity index is 973. The van der Waals surface area contributed by atoms with Crippen LogP contribution in [0.1, 0.15) is 47.6 Å². The highest BCUT2D eigenvalue weighted by atomic mass is 32.1. The van der Waals surface area contributed by atoms with Crippen LogP contribution in [0.25, 0.3) is 5.69 Å². The maximum atomic E-state index is 12.6. The third-order valence-corrected chi connectivity index (χ3v) is 4.02. The summed E-state index contributed by atoms with van der Waals surface area (Å²) in [6.45, 7) is 7.06. The molecule has 2 aromatic heterocycles. The molecule has 0 aliphatic heterocycles. The SMILES string of the molecule is Cc1nsc(NC(=O)c2cc(C(=O)OC(C)(C)C)n(-c3ccccc3)n2)n1. The molecule has 1 aromatic carbocycles. The van der Waals surface area contributed by atoms with Crippen LogP contribution in [0, 0.1) is 6.92 Å². The van der Waals surface area contributed by atoms with Gasteiger partial charge in [0.15, 0.2) is 11.4 Å². The van der Waals surface area contributed by atoms with Gasteiger partial charge in [-0.3, -0.25) is 10.1 Å². The normalized spacial score (nSPS) is 11.3. The van der Waals surface area contributed by atoms with Crippen molar-refractivity contribution < 1.29 is 14.3 Å². The number of aryl methyl sites for hydroxylation is 1. The van der Waals surface area contributed by atoms with Crippen molar-refractivity contribution in [2.24, 2.45) is 0 Å². The molecule has 8 nitrogen and oxygen atoms in total. The molecule has 140 valence electrons. The molecule has 2 heterocycles. The molecule has 1 N–H and O–H groups in total. The fourth-order valence-corrected chi connectivity index (χ4v) is 2.81. The second kappa shape index (κ2) is 7.28. The van der Waals surface area contributed by atoms with Gasteiger partial charge in [-0.15, -0.1) is 0 Å². The zero-order valence-electron chi connectivity index (χ0n) is 15.4. The molecule has 3 aromatic rings. The van der Waals surface area contributed by atoms with Crippen molar-refractivity contribution in [3.63, 3.8) is 0 Å². The van der Waals surface area contributed by atoms with Gasteiger partial charge in [0.2, 0.25) is 5.13 Å². The second-order valence-corrected chi connectivity index (χ2v) is 7.52. The van der Waals surface area contributed by atoms with Crippen LogP contribution in [-0.2, 0) is 4.74 Å². The Morgan fingerprint density at radius 1 is 1.19 bits per heavy atom. The van der Waals surface area contributed by atoms with Gasteiger partial charge < -0.3 is 4.74 Å². The lowest BCUT2D eigenvalue weighted by atomic mass is 10.2. The summed E-state index contributed by atoms with van der Waals surface area (Å²) >= 11 is 1.07. The smallest absolute Gasteiger partial charge is 0.357 e. The number of anilines is 1. The minimum absolute atomic E-state index is 0.0764. The van der Waals surface area contributed by atoms with E-state index in [1.54, 1.807) is 39.8 Å². The summed E-state index contributed by atoms with van der Waals surface area (Å²) in [6.07, 6.45) is 0. The van der Waals surface area contributed by atoms with Gasteiger partial charge in [-0.1, -0.05) is 18.2 Å². The lowest BCUT2D eigenvalue weighted by Gasteiger charge is -2.19. The van der Waals surface area contributed by atoms with E-state index in [2.05, 4.69) is 19.8 Å². The van der Waals surface area contributed by atoms with Gasteiger partial charge in [0.1, 0.15) is 11.4 Å². The Morgan fingerprint density at radius 2 is 1.89 bits per heavy atom. The number of amides is 1. The molecule has 0 aliphatic carbocycles. The zero-order chi connectivity index (χ0) is 19.6. The zero-order valence-corrected chi connectivity index (χ0v) is 16.2. The van der Waals surface area contributed by atoms with Crippen LogP contribution in [0.15, 0.2) is 36.4 Å². The Balaban J connectivity index is 1.96. The van der Waals surface area contributed by atoms with Crippen molar-refractivity contribution in [2.75, 3.05) is 5.32 Å². The molecule has 0 bridgehead atoms. The topological polar surface area (TPSA) is 99.0 Å². The number of nitrogens with one attached hydrogen (secondary N) is 1. The monoisotopic (exact) mass is 385 g/mol. The molecule has 0 spiro atoms. The van der Waals surface area contributed by atoms with Gasteiger partial charge in [0.25, 0.3) is 5.91 Å². The Labute approximate surface area is 160 Å². The van der Waals surface area contributed by atoms with Gasteiger partial charge in [-0.25, -0.2) is 14.5 Å². The van der Waals surface area contributed by atoms with Crippen LogP contribution >= 0.6 is 11.5 Å². The van der Waals surface area contributed by atoms with Crippen molar-refractivity contribution in [1.82, 2.24) is 19.1 Å². The minimum Gasteiger partial charge on any atom is -0.455 e. The summed E-state index contributed by atoms with van der Waals surface area (Å²) in [5, 5.41) is 7.30. The first-order valence-corrected chi connectivity index (χ1v) is 9.01. The number of rotatable bonds is 4. The molecule has 0 saturated heterocycles. The Kier molecular flexibility index (Phi) is 5.04. The van der Waals surface area contributed by atoms with Crippen LogP contribution in [-0.4, -0.2) is 36.6 Å². The van der Waals surface area contributed by atoms with E-state index in [9.17, 15) is 9.59 Å². The van der Waals surface area contributed by atoms with E-state index < -0.39 is 17.5 Å². The summed E-state index contributed by atoms with van der Waals surface area (Å²) < 4.78 is 10.9. The predicted octanol–water partition coefficient (Wildman–Crippen LogP) is 3.24. The van der Waals surface area contributed by atoms with E-state index in [4.69, 9.17) is 4.74 Å². The number of hydrogen-bond donors (Lipinski definition) is 1. The number of benzene rings is 1. The first kappa shape index (κ1) is 18.7. The van der Waals surface area contributed by atoms with E-state index >= 15 is 0 Å². The largest absolute Gasteiger partial charge is 0.455 e. The lowest BCUT2D eigenvalue weighted by molar-refractivity contribution is 0.00593. The van der Waals surface area contributed by atoms with Crippen LogP contribution in [0.5, 0.6) is 0 Å². The Morgan fingerprint density at radius 3 is 2.48 bits per heavy atom. The number of carbonyl (C=O) groups is 2. The van der Waals surface area contributed by atoms with E-state index in [0.717, 1.165) is 11.5 Å². The molecule has 0 atom stereocenters. The molecule has 0 fully saturated rings. The number of hydrogen-bond acceptors (Lipinski definition) is 7. The Hall–Kier alpha value is -3.07. The number of nitrogens with zero attached hydrogens (tertiary/aromatic N) is 4. The molecule has 0 saturated carbocycles. The fourth-order valence-electron chi connectivity index (χ4n) is 2.24. The maximum absolute atomic E-state index is 12.6. The molecule has 0 aliphatic rings. The molecule has 0 unspecified atom stereocenters. The summed E-state index contributed by atoms with van der Waals surface area (Å²) in [5.74, 6) is -0.477. The molecule has 1 amide bonds. The van der Waals surface area contributed by atoms with Crippen LogP contribution < -0.4 is 5.32 Å². The van der Waals surface area contributed by atoms with Gasteiger partial charge in [0.05, 0.1) is 5.69 Å². The van der Waals surface area contributed by atoms with Crippen LogP contribution in [0.2, 0.25) is 0 Å². The lowest BCUT2D eigenvalue weighted by Crippen LogP contribution is -2.25. The minimum atomic E-state index is -0.671. The molecule has 27 heavy (non-hydrogen) atoms. The molecule has 3 rings (SSSR count). The molecule has 9 heteroatoms. The highest BCUT2D eigenvalue weighted by Gasteiger charge is 2.25. The average Bonchev–Trinajstić information content (AvgIpc) is 3.21. The number of esters is 1. The third kappa shape index (κ3) is 4.56. The van der Waals surface area contributed by atoms with Gasteiger partial charge >= 0.3 is 5.97 Å². The standard InChI is InChI=1S/C18H19N5O3S/c1-11-19-17(27-22-11)20-15(24)13-10-14(16(25)26-18(2,3)4)23(21-13)12-8-6-5-7-9-12/h5-10H,1-4H3,(H,19,20,22,24). The van der Waals surface area contributed by atoms with Crippen molar-refractivity contribution in [1.29, 1.82) is 0 Å². The highest BCUT2D eigenvalue weighted by Crippen LogP contribution is 2.18. The van der Waals surface area contributed by atoms with Gasteiger partial charge in [0, 0.05) is 17.6 Å². The van der Waals surface area contributed by atoms with E-state index in [1.165, 1.54) is 10.7 Å². The van der Waals surface area contributed by atoms with Crippen molar-refractivity contribution in [3.05, 3.63) is 53.6 Å². The molecular weight excluding hydrogens is 366 g/mol. The third-order valence-electron chi connectivity index (χ3n) is 3.30.